The molecule has 0 spiro atoms. The van der Waals surface area contributed by atoms with E-state index in [2.05, 4.69) is 0 Å². The van der Waals surface area contributed by atoms with E-state index in [0.29, 0.717) is 22.5 Å². The Kier molecular flexibility index (Phi) is 5.01. The average Bonchev–Trinajstić information content (AvgIpc) is 2.54. The highest BCUT2D eigenvalue weighted by Crippen LogP contribution is 2.22. The monoisotopic (exact) mass is 312 g/mol. The zero-order valence-electron chi connectivity index (χ0n) is 13.7. The molecule has 5 nitrogen and oxygen atoms in total. The standard InChI is InChI=1S/C18H20N2O3/c1-19(2)15-11-7-5-9-13(15)17(21)23-18(22)14-10-6-8-12-16(14)20(3)4/h5-12H,1-4H3. The van der Waals surface area contributed by atoms with Crippen LogP contribution in [0.1, 0.15) is 20.7 Å². The van der Waals surface area contributed by atoms with Crippen molar-refractivity contribution in [2.45, 2.75) is 0 Å². The predicted molar refractivity (Wildman–Crippen MR) is 91.3 cm³/mol. The summed E-state index contributed by atoms with van der Waals surface area (Å²) in [5.74, 6) is -1.32. The molecular weight excluding hydrogens is 292 g/mol. The van der Waals surface area contributed by atoms with E-state index in [1.807, 2.05) is 40.3 Å². The number of benzene rings is 2. The molecule has 2 aromatic carbocycles. The first-order valence-corrected chi connectivity index (χ1v) is 7.21. The van der Waals surface area contributed by atoms with Crippen LogP contribution in [0.2, 0.25) is 0 Å². The summed E-state index contributed by atoms with van der Waals surface area (Å²) >= 11 is 0. The lowest BCUT2D eigenvalue weighted by molar-refractivity contribution is 0.0399. The Hall–Kier alpha value is -2.82. The molecule has 0 saturated carbocycles. The lowest BCUT2D eigenvalue weighted by Crippen LogP contribution is -2.20. The van der Waals surface area contributed by atoms with Gasteiger partial charge >= 0.3 is 11.9 Å². The minimum atomic E-state index is -0.659. The van der Waals surface area contributed by atoms with Crippen LogP contribution in [-0.4, -0.2) is 40.1 Å². The Bertz CT molecular complexity index is 662. The zero-order chi connectivity index (χ0) is 17.0. The number of hydrogen-bond acceptors (Lipinski definition) is 5. The molecule has 5 heteroatoms. The van der Waals surface area contributed by atoms with Crippen molar-refractivity contribution >= 4 is 23.3 Å². The molecule has 0 amide bonds. The number of rotatable bonds is 4. The highest BCUT2D eigenvalue weighted by Gasteiger charge is 2.20. The molecular formula is C18H20N2O3. The second-order valence-electron chi connectivity index (χ2n) is 5.50. The molecule has 0 atom stereocenters. The number of anilines is 2. The molecule has 0 N–H and O–H groups in total. The summed E-state index contributed by atoms with van der Waals surface area (Å²) in [6.45, 7) is 0. The Labute approximate surface area is 136 Å². The fraction of sp³-hybridized carbons (Fsp3) is 0.222. The van der Waals surface area contributed by atoms with E-state index in [1.54, 1.807) is 46.2 Å². The Morgan fingerprint density at radius 2 is 1.04 bits per heavy atom. The molecule has 0 bridgehead atoms. The number of esters is 2. The van der Waals surface area contributed by atoms with Crippen LogP contribution in [0.3, 0.4) is 0 Å². The van der Waals surface area contributed by atoms with Crippen LogP contribution in [0.5, 0.6) is 0 Å². The summed E-state index contributed by atoms with van der Waals surface area (Å²) < 4.78 is 5.07. The van der Waals surface area contributed by atoms with Gasteiger partial charge in [0.15, 0.2) is 0 Å². The van der Waals surface area contributed by atoms with E-state index in [-0.39, 0.29) is 0 Å². The highest BCUT2D eigenvalue weighted by atomic mass is 16.6. The third kappa shape index (κ3) is 3.69. The number of carbonyl (C=O) groups is 2. The van der Waals surface area contributed by atoms with Gasteiger partial charge in [-0.3, -0.25) is 0 Å². The number of nitrogens with zero attached hydrogens (tertiary/aromatic N) is 2. The molecule has 120 valence electrons. The van der Waals surface area contributed by atoms with Gasteiger partial charge in [-0.2, -0.15) is 0 Å². The topological polar surface area (TPSA) is 49.9 Å². The van der Waals surface area contributed by atoms with Gasteiger partial charge in [0.2, 0.25) is 0 Å². The second kappa shape index (κ2) is 6.96. The van der Waals surface area contributed by atoms with E-state index in [4.69, 9.17) is 4.74 Å². The highest BCUT2D eigenvalue weighted by molar-refractivity contribution is 6.07. The Morgan fingerprint density at radius 1 is 0.696 bits per heavy atom. The summed E-state index contributed by atoms with van der Waals surface area (Å²) in [4.78, 5) is 28.3. The molecule has 0 unspecified atom stereocenters. The lowest BCUT2D eigenvalue weighted by Gasteiger charge is -2.17. The number of ether oxygens (including phenoxy) is 1. The summed E-state index contributed by atoms with van der Waals surface area (Å²) in [6.07, 6.45) is 0. The van der Waals surface area contributed by atoms with Gasteiger partial charge in [-0.1, -0.05) is 24.3 Å². The van der Waals surface area contributed by atoms with Crippen molar-refractivity contribution < 1.29 is 14.3 Å². The first-order valence-electron chi connectivity index (χ1n) is 7.21. The van der Waals surface area contributed by atoms with Crippen LogP contribution in [0, 0.1) is 0 Å². The normalized spacial score (nSPS) is 10.1. The van der Waals surface area contributed by atoms with Gasteiger partial charge in [-0.15, -0.1) is 0 Å². The first-order chi connectivity index (χ1) is 10.9. The predicted octanol–water partition coefficient (Wildman–Crippen LogP) is 2.82. The maximum atomic E-state index is 12.4. The zero-order valence-corrected chi connectivity index (χ0v) is 13.7. The van der Waals surface area contributed by atoms with Crippen molar-refractivity contribution in [1.82, 2.24) is 0 Å². The van der Waals surface area contributed by atoms with Gasteiger partial charge in [0, 0.05) is 28.2 Å². The van der Waals surface area contributed by atoms with Crippen molar-refractivity contribution in [2.24, 2.45) is 0 Å². The first kappa shape index (κ1) is 16.5. The molecule has 0 heterocycles. The lowest BCUT2D eigenvalue weighted by atomic mass is 10.1. The van der Waals surface area contributed by atoms with Crippen LogP contribution < -0.4 is 9.80 Å². The minimum Gasteiger partial charge on any atom is -0.386 e. The van der Waals surface area contributed by atoms with Crippen LogP contribution in [0.15, 0.2) is 48.5 Å². The van der Waals surface area contributed by atoms with Crippen LogP contribution in [-0.2, 0) is 4.74 Å². The molecule has 0 radical (unpaired) electrons. The van der Waals surface area contributed by atoms with E-state index >= 15 is 0 Å². The summed E-state index contributed by atoms with van der Waals surface area (Å²) in [5.41, 5.74) is 2.11. The molecule has 2 aromatic rings. The summed E-state index contributed by atoms with van der Waals surface area (Å²) in [7, 11) is 7.31. The Balaban J connectivity index is 2.27. The smallest absolute Gasteiger partial charge is 0.348 e. The molecule has 0 saturated heterocycles. The van der Waals surface area contributed by atoms with Gasteiger partial charge < -0.3 is 14.5 Å². The molecule has 0 aliphatic rings. The van der Waals surface area contributed by atoms with E-state index in [1.165, 1.54) is 0 Å². The third-order valence-corrected chi connectivity index (χ3v) is 3.40. The molecule has 0 aromatic heterocycles. The fourth-order valence-electron chi connectivity index (χ4n) is 2.27. The minimum absolute atomic E-state index is 0.355. The molecule has 23 heavy (non-hydrogen) atoms. The Morgan fingerprint density at radius 3 is 1.39 bits per heavy atom. The molecule has 2 rings (SSSR count). The number of hydrogen-bond donors (Lipinski definition) is 0. The van der Waals surface area contributed by atoms with Crippen LogP contribution in [0.25, 0.3) is 0 Å². The van der Waals surface area contributed by atoms with Gasteiger partial charge in [0.1, 0.15) is 0 Å². The van der Waals surface area contributed by atoms with Gasteiger partial charge in [-0.25, -0.2) is 9.59 Å². The third-order valence-electron chi connectivity index (χ3n) is 3.40. The summed E-state index contributed by atoms with van der Waals surface area (Å²) in [6, 6.07) is 14.0. The maximum absolute atomic E-state index is 12.4. The molecule has 0 aliphatic carbocycles. The molecule has 0 fully saturated rings. The van der Waals surface area contributed by atoms with Crippen molar-refractivity contribution in [1.29, 1.82) is 0 Å². The number of carbonyl (C=O) groups excluding carboxylic acids is 2. The van der Waals surface area contributed by atoms with Crippen molar-refractivity contribution in [3.63, 3.8) is 0 Å². The van der Waals surface area contributed by atoms with E-state index in [0.717, 1.165) is 0 Å². The van der Waals surface area contributed by atoms with Crippen molar-refractivity contribution in [3.8, 4) is 0 Å². The maximum Gasteiger partial charge on any atom is 0.348 e. The fourth-order valence-corrected chi connectivity index (χ4v) is 2.27. The van der Waals surface area contributed by atoms with Gasteiger partial charge in [0.05, 0.1) is 22.5 Å². The SMILES string of the molecule is CN(C)c1ccccc1C(=O)OC(=O)c1ccccc1N(C)C. The van der Waals surface area contributed by atoms with Crippen molar-refractivity contribution in [3.05, 3.63) is 59.7 Å². The van der Waals surface area contributed by atoms with Crippen molar-refractivity contribution in [2.75, 3.05) is 38.0 Å². The average molecular weight is 312 g/mol. The van der Waals surface area contributed by atoms with Crippen LogP contribution >= 0.6 is 0 Å². The summed E-state index contributed by atoms with van der Waals surface area (Å²) in [5, 5.41) is 0. The van der Waals surface area contributed by atoms with Crippen LogP contribution in [0.4, 0.5) is 11.4 Å². The quantitative estimate of drug-likeness (QED) is 0.642. The van der Waals surface area contributed by atoms with Gasteiger partial charge in [-0.05, 0) is 24.3 Å². The molecule has 0 aliphatic heterocycles. The number of para-hydroxylation sites is 2. The second-order valence-corrected chi connectivity index (χ2v) is 5.50. The largest absolute Gasteiger partial charge is 0.386 e. The van der Waals surface area contributed by atoms with Gasteiger partial charge in [0.25, 0.3) is 0 Å². The van der Waals surface area contributed by atoms with E-state index < -0.39 is 11.9 Å². The van der Waals surface area contributed by atoms with E-state index in [9.17, 15) is 9.59 Å².